The van der Waals surface area contributed by atoms with Gasteiger partial charge in [0, 0.05) is 18.4 Å². The number of ether oxygens (including phenoxy) is 1. The van der Waals surface area contributed by atoms with Crippen molar-refractivity contribution in [3.05, 3.63) is 59.7 Å². The molecule has 9 nitrogen and oxygen atoms in total. The highest BCUT2D eigenvalue weighted by Crippen LogP contribution is 2.44. The highest BCUT2D eigenvalue weighted by Gasteiger charge is 2.29. The van der Waals surface area contributed by atoms with Crippen molar-refractivity contribution in [3.8, 4) is 11.1 Å². The minimum atomic E-state index is -1.17. The summed E-state index contributed by atoms with van der Waals surface area (Å²) in [6.07, 6.45) is 0.667. The van der Waals surface area contributed by atoms with Crippen molar-refractivity contribution in [3.63, 3.8) is 0 Å². The third-order valence-corrected chi connectivity index (χ3v) is 5.62. The van der Waals surface area contributed by atoms with Crippen molar-refractivity contribution in [1.82, 2.24) is 16.0 Å². The third-order valence-electron chi connectivity index (χ3n) is 5.62. The molecule has 0 spiro atoms. The topological polar surface area (TPSA) is 134 Å². The molecule has 180 valence electrons. The Morgan fingerprint density at radius 1 is 0.912 bits per heavy atom. The predicted octanol–water partition coefficient (Wildman–Crippen LogP) is 2.40. The van der Waals surface area contributed by atoms with Crippen molar-refractivity contribution in [2.75, 3.05) is 19.7 Å². The number of benzene rings is 2. The molecule has 3 rings (SSSR count). The Morgan fingerprint density at radius 2 is 1.50 bits per heavy atom. The number of carboxylic acids is 1. The lowest BCUT2D eigenvalue weighted by molar-refractivity contribution is -0.137. The van der Waals surface area contributed by atoms with Gasteiger partial charge in [0.2, 0.25) is 11.8 Å². The summed E-state index contributed by atoms with van der Waals surface area (Å²) < 4.78 is 5.55. The molecule has 1 aliphatic carbocycles. The normalized spacial score (nSPS) is 12.7. The fourth-order valence-electron chi connectivity index (χ4n) is 4.09. The number of hydrogen-bond donors (Lipinski definition) is 4. The van der Waals surface area contributed by atoms with Crippen LogP contribution in [0, 0.1) is 0 Å². The zero-order chi connectivity index (χ0) is 24.5. The van der Waals surface area contributed by atoms with Crippen LogP contribution < -0.4 is 16.0 Å². The standard InChI is InChI=1S/C25H29N3O6/c1-2-7-16(12-22(29)26-13-23(30)27-14-24(31)32)28-25(33)34-15-21-19-10-5-3-8-17(19)18-9-4-6-11-20(18)21/h3-6,8-11,16,21H,2,7,12-15H2,1H3,(H,26,29)(H,27,30)(H,28,33)(H,31,32). The molecule has 1 unspecified atom stereocenters. The van der Waals surface area contributed by atoms with Crippen LogP contribution in [0.1, 0.15) is 43.2 Å². The van der Waals surface area contributed by atoms with Crippen LogP contribution in [0.25, 0.3) is 11.1 Å². The van der Waals surface area contributed by atoms with Crippen LogP contribution in [0.15, 0.2) is 48.5 Å². The van der Waals surface area contributed by atoms with Gasteiger partial charge >= 0.3 is 12.1 Å². The molecule has 0 fully saturated rings. The van der Waals surface area contributed by atoms with Crippen molar-refractivity contribution < 1.29 is 29.0 Å². The van der Waals surface area contributed by atoms with Crippen LogP contribution in [-0.2, 0) is 19.1 Å². The summed E-state index contributed by atoms with van der Waals surface area (Å²) in [5, 5.41) is 15.9. The fourth-order valence-corrected chi connectivity index (χ4v) is 4.09. The molecular formula is C25H29N3O6. The molecule has 0 saturated carbocycles. The number of fused-ring (bicyclic) bond motifs is 3. The first kappa shape index (κ1) is 24.8. The Balaban J connectivity index is 1.51. The van der Waals surface area contributed by atoms with Gasteiger partial charge in [-0.05, 0) is 28.7 Å². The quantitative estimate of drug-likeness (QED) is 0.401. The molecule has 0 aliphatic heterocycles. The first-order valence-electron chi connectivity index (χ1n) is 11.3. The lowest BCUT2D eigenvalue weighted by Gasteiger charge is -2.19. The Labute approximate surface area is 197 Å². The second-order valence-corrected chi connectivity index (χ2v) is 8.11. The lowest BCUT2D eigenvalue weighted by atomic mass is 9.98. The number of carbonyl (C=O) groups is 4. The minimum absolute atomic E-state index is 0.0236. The molecule has 0 bridgehead atoms. The van der Waals surface area contributed by atoms with E-state index in [0.29, 0.717) is 6.42 Å². The van der Waals surface area contributed by atoms with Gasteiger partial charge in [0.1, 0.15) is 13.2 Å². The zero-order valence-corrected chi connectivity index (χ0v) is 19.0. The SMILES string of the molecule is CCCC(CC(=O)NCC(=O)NCC(=O)O)NC(=O)OCC1c2ccccc2-c2ccccc21. The number of carboxylic acid groups (broad SMARTS) is 1. The Kier molecular flexibility index (Phi) is 8.61. The van der Waals surface area contributed by atoms with Crippen LogP contribution in [0.4, 0.5) is 4.79 Å². The molecule has 4 N–H and O–H groups in total. The van der Waals surface area contributed by atoms with E-state index in [1.54, 1.807) is 0 Å². The maximum absolute atomic E-state index is 12.5. The lowest BCUT2D eigenvalue weighted by Crippen LogP contribution is -2.43. The van der Waals surface area contributed by atoms with Gasteiger partial charge in [0.05, 0.1) is 6.54 Å². The summed E-state index contributed by atoms with van der Waals surface area (Å²) >= 11 is 0. The van der Waals surface area contributed by atoms with E-state index in [4.69, 9.17) is 9.84 Å². The van der Waals surface area contributed by atoms with E-state index < -0.39 is 36.5 Å². The second kappa shape index (κ2) is 11.8. The summed E-state index contributed by atoms with van der Waals surface area (Å²) in [6, 6.07) is 15.7. The number of rotatable bonds is 11. The van der Waals surface area contributed by atoms with E-state index in [1.807, 2.05) is 43.3 Å². The Hall–Kier alpha value is -3.88. The van der Waals surface area contributed by atoms with Crippen LogP contribution in [-0.4, -0.2) is 54.7 Å². The molecule has 0 aromatic heterocycles. The Morgan fingerprint density at radius 3 is 2.09 bits per heavy atom. The number of carbonyl (C=O) groups excluding carboxylic acids is 3. The van der Waals surface area contributed by atoms with E-state index in [2.05, 4.69) is 28.1 Å². The average Bonchev–Trinajstić information content (AvgIpc) is 3.14. The molecule has 0 saturated heterocycles. The summed E-state index contributed by atoms with van der Waals surface area (Å²) in [5.41, 5.74) is 4.50. The zero-order valence-electron chi connectivity index (χ0n) is 19.0. The molecule has 1 atom stereocenters. The number of alkyl carbamates (subject to hydrolysis) is 1. The fraction of sp³-hybridized carbons (Fsp3) is 0.360. The monoisotopic (exact) mass is 467 g/mol. The molecule has 1 aliphatic rings. The maximum Gasteiger partial charge on any atom is 0.407 e. The average molecular weight is 468 g/mol. The molecule has 3 amide bonds. The van der Waals surface area contributed by atoms with Crippen LogP contribution in [0.3, 0.4) is 0 Å². The van der Waals surface area contributed by atoms with Crippen molar-refractivity contribution in [1.29, 1.82) is 0 Å². The number of amides is 3. The van der Waals surface area contributed by atoms with E-state index in [-0.39, 0.29) is 25.5 Å². The van der Waals surface area contributed by atoms with Gasteiger partial charge in [-0.3, -0.25) is 14.4 Å². The highest BCUT2D eigenvalue weighted by atomic mass is 16.5. The van der Waals surface area contributed by atoms with Crippen molar-refractivity contribution >= 4 is 23.9 Å². The van der Waals surface area contributed by atoms with Crippen LogP contribution in [0.5, 0.6) is 0 Å². The van der Waals surface area contributed by atoms with Crippen LogP contribution in [0.2, 0.25) is 0 Å². The molecule has 34 heavy (non-hydrogen) atoms. The number of nitrogens with one attached hydrogen (secondary N) is 3. The van der Waals surface area contributed by atoms with E-state index in [0.717, 1.165) is 28.7 Å². The minimum Gasteiger partial charge on any atom is -0.480 e. The summed E-state index contributed by atoms with van der Waals surface area (Å²) in [4.78, 5) is 46.7. The van der Waals surface area contributed by atoms with Gasteiger partial charge in [-0.2, -0.15) is 0 Å². The van der Waals surface area contributed by atoms with Gasteiger partial charge in [-0.15, -0.1) is 0 Å². The van der Waals surface area contributed by atoms with Gasteiger partial charge in [0.15, 0.2) is 0 Å². The van der Waals surface area contributed by atoms with Gasteiger partial charge in [0.25, 0.3) is 0 Å². The van der Waals surface area contributed by atoms with E-state index in [9.17, 15) is 19.2 Å². The first-order valence-corrected chi connectivity index (χ1v) is 11.3. The molecule has 2 aromatic carbocycles. The summed E-state index contributed by atoms with van der Waals surface area (Å²) in [7, 11) is 0. The van der Waals surface area contributed by atoms with Crippen molar-refractivity contribution in [2.24, 2.45) is 0 Å². The summed E-state index contributed by atoms with van der Waals surface area (Å²) in [6.45, 7) is 1.25. The summed E-state index contributed by atoms with van der Waals surface area (Å²) in [5.74, 6) is -2.26. The molecule has 0 heterocycles. The molecule has 2 aromatic rings. The largest absolute Gasteiger partial charge is 0.480 e. The van der Waals surface area contributed by atoms with Crippen LogP contribution >= 0.6 is 0 Å². The number of aliphatic carboxylic acids is 1. The molecular weight excluding hydrogens is 438 g/mol. The molecule has 0 radical (unpaired) electrons. The van der Waals surface area contributed by atoms with Gasteiger partial charge < -0.3 is 25.8 Å². The van der Waals surface area contributed by atoms with E-state index >= 15 is 0 Å². The molecule has 9 heteroatoms. The number of hydrogen-bond acceptors (Lipinski definition) is 5. The smallest absolute Gasteiger partial charge is 0.407 e. The Bertz CT molecular complexity index is 1010. The van der Waals surface area contributed by atoms with Crippen molar-refractivity contribution in [2.45, 2.75) is 38.1 Å². The predicted molar refractivity (Wildman–Crippen MR) is 125 cm³/mol. The van der Waals surface area contributed by atoms with Gasteiger partial charge in [-0.1, -0.05) is 61.9 Å². The highest BCUT2D eigenvalue weighted by molar-refractivity contribution is 5.87. The van der Waals surface area contributed by atoms with E-state index in [1.165, 1.54) is 0 Å². The third kappa shape index (κ3) is 6.57. The maximum atomic E-state index is 12.5. The van der Waals surface area contributed by atoms with Gasteiger partial charge in [-0.25, -0.2) is 4.79 Å². The second-order valence-electron chi connectivity index (χ2n) is 8.11. The first-order chi connectivity index (χ1) is 16.4.